The zero-order valence-electron chi connectivity index (χ0n) is 20.3. The third-order valence-electron chi connectivity index (χ3n) is 5.93. The Morgan fingerprint density at radius 3 is 2.18 bits per heavy atom. The summed E-state index contributed by atoms with van der Waals surface area (Å²) in [6, 6.07) is 16.1. The summed E-state index contributed by atoms with van der Waals surface area (Å²) in [5.74, 6) is -0.738. The molecule has 4 rings (SSSR count). The van der Waals surface area contributed by atoms with Crippen molar-refractivity contribution in [1.82, 2.24) is 9.55 Å². The van der Waals surface area contributed by atoms with Gasteiger partial charge < -0.3 is 0 Å². The van der Waals surface area contributed by atoms with Gasteiger partial charge in [-0.15, -0.1) is 0 Å². The standard InChI is InChI=1S/C27H20Cl3F3N2O3S/c1-2-39(37,38)18-6-3-5-16(13-18)17-9-10-23(21(30)14-17)35-15-22(24(36)11-12-27(31,32)33)34-26(35)25-19(28)7-4-8-20(25)29/h3-10,13-15H,2,11-12H2,1H3. The second-order valence-electron chi connectivity index (χ2n) is 8.55. The van der Waals surface area contributed by atoms with Crippen molar-refractivity contribution in [3.05, 3.63) is 87.6 Å². The summed E-state index contributed by atoms with van der Waals surface area (Å²) in [5.41, 5.74) is 1.65. The molecular weight excluding hydrogens is 596 g/mol. The summed E-state index contributed by atoms with van der Waals surface area (Å²) >= 11 is 19.4. The number of halogens is 6. The first-order valence-electron chi connectivity index (χ1n) is 11.6. The molecule has 0 saturated heterocycles. The van der Waals surface area contributed by atoms with Crippen LogP contribution in [0.15, 0.2) is 71.8 Å². The fraction of sp³-hybridized carbons (Fsp3) is 0.185. The fourth-order valence-electron chi connectivity index (χ4n) is 3.89. The highest BCUT2D eigenvalue weighted by Crippen LogP contribution is 2.38. The molecule has 0 aliphatic rings. The maximum Gasteiger partial charge on any atom is 0.389 e. The topological polar surface area (TPSA) is 69.0 Å². The lowest BCUT2D eigenvalue weighted by Crippen LogP contribution is -2.11. The van der Waals surface area contributed by atoms with E-state index in [4.69, 9.17) is 34.8 Å². The Morgan fingerprint density at radius 2 is 1.56 bits per heavy atom. The number of hydrogen-bond acceptors (Lipinski definition) is 4. The molecule has 204 valence electrons. The molecule has 0 aliphatic heterocycles. The number of hydrogen-bond donors (Lipinski definition) is 0. The largest absolute Gasteiger partial charge is 0.389 e. The van der Waals surface area contributed by atoms with Crippen LogP contribution in [0.25, 0.3) is 28.2 Å². The number of nitrogens with zero attached hydrogens (tertiary/aromatic N) is 2. The van der Waals surface area contributed by atoms with Crippen LogP contribution in [-0.2, 0) is 9.84 Å². The van der Waals surface area contributed by atoms with E-state index in [1.807, 2.05) is 0 Å². The first-order valence-corrected chi connectivity index (χ1v) is 14.4. The Hall–Kier alpha value is -2.85. The van der Waals surface area contributed by atoms with Gasteiger partial charge in [0.25, 0.3) is 0 Å². The first-order chi connectivity index (χ1) is 18.3. The van der Waals surface area contributed by atoms with E-state index in [-0.39, 0.29) is 42.8 Å². The van der Waals surface area contributed by atoms with E-state index < -0.39 is 34.6 Å². The van der Waals surface area contributed by atoms with Crippen LogP contribution >= 0.6 is 34.8 Å². The lowest BCUT2D eigenvalue weighted by Gasteiger charge is -2.13. The minimum absolute atomic E-state index is 0.0474. The molecule has 3 aromatic carbocycles. The number of sulfone groups is 1. The molecule has 12 heteroatoms. The number of rotatable bonds is 8. The van der Waals surface area contributed by atoms with E-state index in [1.165, 1.54) is 16.8 Å². The van der Waals surface area contributed by atoms with Crippen molar-refractivity contribution in [2.24, 2.45) is 0 Å². The highest BCUT2D eigenvalue weighted by molar-refractivity contribution is 7.91. The van der Waals surface area contributed by atoms with Crippen LogP contribution in [-0.4, -0.2) is 35.7 Å². The second kappa shape index (κ2) is 11.3. The van der Waals surface area contributed by atoms with Gasteiger partial charge in [-0.25, -0.2) is 13.4 Å². The minimum Gasteiger partial charge on any atom is -0.297 e. The molecule has 0 bridgehead atoms. The molecule has 0 radical (unpaired) electrons. The van der Waals surface area contributed by atoms with Gasteiger partial charge in [0.15, 0.2) is 15.6 Å². The van der Waals surface area contributed by atoms with Crippen molar-refractivity contribution in [3.8, 4) is 28.2 Å². The first kappa shape index (κ1) is 29.1. The van der Waals surface area contributed by atoms with Gasteiger partial charge in [-0.1, -0.05) is 66.0 Å². The van der Waals surface area contributed by atoms with Gasteiger partial charge in [0, 0.05) is 12.6 Å². The number of alkyl halides is 3. The molecule has 0 aliphatic carbocycles. The van der Waals surface area contributed by atoms with Crippen molar-refractivity contribution < 1.29 is 26.4 Å². The van der Waals surface area contributed by atoms with Crippen molar-refractivity contribution in [3.63, 3.8) is 0 Å². The van der Waals surface area contributed by atoms with Crippen LogP contribution < -0.4 is 0 Å². The van der Waals surface area contributed by atoms with E-state index in [2.05, 4.69) is 4.98 Å². The fourth-order valence-corrected chi connectivity index (χ4v) is 5.65. The van der Waals surface area contributed by atoms with Crippen LogP contribution in [0.5, 0.6) is 0 Å². The highest BCUT2D eigenvalue weighted by atomic mass is 35.5. The number of benzene rings is 3. The number of Topliss-reactive ketones (excluding diaryl/α,β-unsaturated/α-hetero) is 1. The maximum atomic E-state index is 12.7. The van der Waals surface area contributed by atoms with Gasteiger partial charge in [-0.05, 0) is 47.5 Å². The summed E-state index contributed by atoms with van der Waals surface area (Å²) in [7, 11) is -3.43. The lowest BCUT2D eigenvalue weighted by atomic mass is 10.1. The van der Waals surface area contributed by atoms with Crippen molar-refractivity contribution in [1.29, 1.82) is 0 Å². The molecular formula is C27H20Cl3F3N2O3S. The maximum absolute atomic E-state index is 12.7. The molecule has 39 heavy (non-hydrogen) atoms. The Balaban J connectivity index is 1.82. The SMILES string of the molecule is CCS(=O)(=O)c1cccc(-c2ccc(-n3cc(C(=O)CCC(F)(F)F)nc3-c3c(Cl)cccc3Cl)c(Cl)c2)c1. The normalized spacial score (nSPS) is 12.1. The number of aromatic nitrogens is 2. The van der Waals surface area contributed by atoms with Crippen LogP contribution in [0.2, 0.25) is 15.1 Å². The van der Waals surface area contributed by atoms with E-state index in [0.29, 0.717) is 16.8 Å². The Labute approximate surface area is 238 Å². The van der Waals surface area contributed by atoms with Gasteiger partial charge >= 0.3 is 6.18 Å². The third kappa shape index (κ3) is 6.49. The third-order valence-corrected chi connectivity index (χ3v) is 8.59. The van der Waals surface area contributed by atoms with Gasteiger partial charge in [-0.2, -0.15) is 13.2 Å². The lowest BCUT2D eigenvalue weighted by molar-refractivity contribution is -0.133. The van der Waals surface area contributed by atoms with Crippen LogP contribution in [0.4, 0.5) is 13.2 Å². The molecule has 4 aromatic rings. The molecule has 0 spiro atoms. The minimum atomic E-state index is -4.50. The Morgan fingerprint density at radius 1 is 0.923 bits per heavy atom. The molecule has 5 nitrogen and oxygen atoms in total. The number of carbonyl (C=O) groups is 1. The number of imidazole rings is 1. The molecule has 0 unspecified atom stereocenters. The number of ketones is 1. The van der Waals surface area contributed by atoms with Gasteiger partial charge in [0.05, 0.1) is 43.4 Å². The van der Waals surface area contributed by atoms with E-state index in [9.17, 15) is 26.4 Å². The molecule has 0 N–H and O–H groups in total. The summed E-state index contributed by atoms with van der Waals surface area (Å²) in [4.78, 5) is 17.1. The molecule has 0 atom stereocenters. The molecule has 0 amide bonds. The Kier molecular flexibility index (Phi) is 8.47. The quantitative estimate of drug-likeness (QED) is 0.186. The van der Waals surface area contributed by atoms with Gasteiger partial charge in [-0.3, -0.25) is 9.36 Å². The average Bonchev–Trinajstić information content (AvgIpc) is 3.31. The van der Waals surface area contributed by atoms with E-state index in [1.54, 1.807) is 61.5 Å². The monoisotopic (exact) mass is 614 g/mol. The molecule has 1 heterocycles. The van der Waals surface area contributed by atoms with Crippen LogP contribution in [0, 0.1) is 0 Å². The van der Waals surface area contributed by atoms with Crippen molar-refractivity contribution in [2.45, 2.75) is 30.8 Å². The van der Waals surface area contributed by atoms with Crippen molar-refractivity contribution >= 4 is 50.4 Å². The highest BCUT2D eigenvalue weighted by Gasteiger charge is 2.29. The van der Waals surface area contributed by atoms with Gasteiger partial charge in [0.2, 0.25) is 0 Å². The predicted molar refractivity (Wildman–Crippen MR) is 147 cm³/mol. The molecule has 1 aromatic heterocycles. The summed E-state index contributed by atoms with van der Waals surface area (Å²) in [6.07, 6.45) is -5.27. The zero-order valence-corrected chi connectivity index (χ0v) is 23.4. The smallest absolute Gasteiger partial charge is 0.297 e. The molecule has 0 fully saturated rings. The van der Waals surface area contributed by atoms with E-state index >= 15 is 0 Å². The predicted octanol–water partition coefficient (Wildman–Crippen LogP) is 8.49. The zero-order chi connectivity index (χ0) is 28.5. The van der Waals surface area contributed by atoms with Crippen LogP contribution in [0.1, 0.15) is 30.3 Å². The van der Waals surface area contributed by atoms with Crippen molar-refractivity contribution in [2.75, 3.05) is 5.75 Å². The summed E-state index contributed by atoms with van der Waals surface area (Å²) in [6.45, 7) is 1.56. The Bertz CT molecular complexity index is 1650. The summed E-state index contributed by atoms with van der Waals surface area (Å²) in [5, 5.41) is 0.628. The van der Waals surface area contributed by atoms with E-state index in [0.717, 1.165) is 0 Å². The average molecular weight is 616 g/mol. The number of carbonyl (C=O) groups excluding carboxylic acids is 1. The second-order valence-corrected chi connectivity index (χ2v) is 12.1. The summed E-state index contributed by atoms with van der Waals surface area (Å²) < 4.78 is 64.3. The molecule has 0 saturated carbocycles. The van der Waals surface area contributed by atoms with Crippen LogP contribution in [0.3, 0.4) is 0 Å². The van der Waals surface area contributed by atoms with Gasteiger partial charge in [0.1, 0.15) is 11.5 Å².